The highest BCUT2D eigenvalue weighted by atomic mass is 16.1. The number of carbonyl (C=O) groups is 1. The van der Waals surface area contributed by atoms with E-state index in [1.807, 2.05) is 31.2 Å². The summed E-state index contributed by atoms with van der Waals surface area (Å²) in [5, 5.41) is 4.45. The number of primary amides is 1. The molecule has 0 unspecified atom stereocenters. The van der Waals surface area contributed by atoms with Gasteiger partial charge in [-0.05, 0) is 25.0 Å². The summed E-state index contributed by atoms with van der Waals surface area (Å²) in [6.07, 6.45) is 1.59. The number of nitrogens with zero attached hydrogens (tertiary/aromatic N) is 3. The number of nitrogen functional groups attached to an aromatic ring is 1. The van der Waals surface area contributed by atoms with Gasteiger partial charge in [0, 0.05) is 11.8 Å². The minimum atomic E-state index is -0.505. The lowest BCUT2D eigenvalue weighted by molar-refractivity contribution is 0.1000. The maximum Gasteiger partial charge on any atom is 0.250 e. The minimum Gasteiger partial charge on any atom is -0.382 e. The largest absolute Gasteiger partial charge is 0.382 e. The number of hydrogen-bond acceptors (Lipinski definition) is 4. The lowest BCUT2D eigenvalue weighted by atomic mass is 10.1. The molecule has 21 heavy (non-hydrogen) atoms. The lowest BCUT2D eigenvalue weighted by Gasteiger charge is -2.06. The molecule has 3 rings (SSSR count). The summed E-state index contributed by atoms with van der Waals surface area (Å²) < 4.78 is 1.57. The second kappa shape index (κ2) is 4.59. The molecule has 0 radical (unpaired) electrons. The van der Waals surface area contributed by atoms with E-state index in [4.69, 9.17) is 11.5 Å². The van der Waals surface area contributed by atoms with Crippen molar-refractivity contribution in [2.45, 2.75) is 13.8 Å². The van der Waals surface area contributed by atoms with Crippen LogP contribution in [0.5, 0.6) is 0 Å². The van der Waals surface area contributed by atoms with Crippen molar-refractivity contribution in [3.8, 4) is 11.4 Å². The van der Waals surface area contributed by atoms with E-state index in [0.29, 0.717) is 28.3 Å². The fraction of sp³-hybridized carbons (Fsp3) is 0.133. The molecule has 6 nitrogen and oxygen atoms in total. The van der Waals surface area contributed by atoms with Gasteiger partial charge in [0.15, 0.2) is 11.6 Å². The second-order valence-electron chi connectivity index (χ2n) is 4.96. The third-order valence-corrected chi connectivity index (χ3v) is 3.56. The molecule has 6 heteroatoms. The number of rotatable bonds is 2. The van der Waals surface area contributed by atoms with Crippen LogP contribution < -0.4 is 11.5 Å². The summed E-state index contributed by atoms with van der Waals surface area (Å²) in [5.74, 6) is 0.340. The molecule has 0 atom stereocenters. The highest BCUT2D eigenvalue weighted by molar-refractivity contribution is 5.97. The normalized spacial score (nSPS) is 11.0. The molecule has 2 heterocycles. The van der Waals surface area contributed by atoms with Crippen molar-refractivity contribution in [2.75, 3.05) is 5.73 Å². The molecule has 0 aliphatic carbocycles. The maximum atomic E-state index is 11.4. The van der Waals surface area contributed by atoms with Gasteiger partial charge in [0.2, 0.25) is 0 Å². The Balaban J connectivity index is 2.29. The first kappa shape index (κ1) is 13.1. The summed E-state index contributed by atoms with van der Waals surface area (Å²) in [6, 6.07) is 7.78. The van der Waals surface area contributed by atoms with Crippen LogP contribution in [-0.2, 0) is 0 Å². The van der Waals surface area contributed by atoms with Crippen LogP contribution in [-0.4, -0.2) is 20.5 Å². The molecule has 0 spiro atoms. The van der Waals surface area contributed by atoms with Gasteiger partial charge in [-0.1, -0.05) is 24.3 Å². The van der Waals surface area contributed by atoms with Crippen molar-refractivity contribution in [3.05, 3.63) is 47.2 Å². The summed E-state index contributed by atoms with van der Waals surface area (Å²) in [4.78, 5) is 15.8. The van der Waals surface area contributed by atoms with Crippen molar-refractivity contribution in [3.63, 3.8) is 0 Å². The van der Waals surface area contributed by atoms with Gasteiger partial charge in [0.05, 0.1) is 5.56 Å². The van der Waals surface area contributed by atoms with Gasteiger partial charge in [-0.15, -0.1) is 5.10 Å². The van der Waals surface area contributed by atoms with Crippen molar-refractivity contribution in [1.82, 2.24) is 14.6 Å². The first-order valence-corrected chi connectivity index (χ1v) is 6.50. The molecule has 1 amide bonds. The smallest absolute Gasteiger partial charge is 0.250 e. The van der Waals surface area contributed by atoms with Gasteiger partial charge >= 0.3 is 0 Å². The van der Waals surface area contributed by atoms with E-state index in [2.05, 4.69) is 10.1 Å². The molecule has 0 bridgehead atoms. The third-order valence-electron chi connectivity index (χ3n) is 3.56. The molecule has 0 aliphatic heterocycles. The first-order chi connectivity index (χ1) is 9.99. The molecule has 2 aromatic heterocycles. The van der Waals surface area contributed by atoms with Crippen molar-refractivity contribution < 1.29 is 4.79 Å². The molecule has 0 aliphatic rings. The molecule has 0 fully saturated rings. The lowest BCUT2D eigenvalue weighted by Crippen LogP contribution is -2.10. The Hall–Kier alpha value is -2.89. The Labute approximate surface area is 121 Å². The van der Waals surface area contributed by atoms with E-state index in [-0.39, 0.29) is 0 Å². The quantitative estimate of drug-likeness (QED) is 0.746. The average molecular weight is 281 g/mol. The van der Waals surface area contributed by atoms with Crippen molar-refractivity contribution in [2.24, 2.45) is 5.73 Å². The van der Waals surface area contributed by atoms with E-state index >= 15 is 0 Å². The zero-order valence-electron chi connectivity index (χ0n) is 11.8. The van der Waals surface area contributed by atoms with Crippen LogP contribution in [0.4, 0.5) is 5.82 Å². The van der Waals surface area contributed by atoms with E-state index in [1.54, 1.807) is 17.6 Å². The highest BCUT2D eigenvalue weighted by Crippen LogP contribution is 2.25. The topological polar surface area (TPSA) is 99.3 Å². The summed E-state index contributed by atoms with van der Waals surface area (Å²) in [6.45, 7) is 3.76. The number of benzene rings is 1. The Bertz CT molecular complexity index is 866. The van der Waals surface area contributed by atoms with Crippen LogP contribution >= 0.6 is 0 Å². The Morgan fingerprint density at radius 1 is 1.24 bits per heavy atom. The standard InChI is InChI=1S/C15H15N5O/c1-8-5-3-4-6-10(8)15-18-13(16)12-9(2)11(14(17)21)7-20(12)19-15/h3-7H,1-2H3,(H2,17,21)(H2,16,18,19). The molecule has 1 aromatic carbocycles. The van der Waals surface area contributed by atoms with Crippen LogP contribution in [0, 0.1) is 13.8 Å². The fourth-order valence-electron chi connectivity index (χ4n) is 2.45. The molecule has 0 saturated heterocycles. The van der Waals surface area contributed by atoms with E-state index < -0.39 is 5.91 Å². The number of nitrogens with two attached hydrogens (primary N) is 2. The summed E-state index contributed by atoms with van der Waals surface area (Å²) >= 11 is 0. The predicted molar refractivity (Wildman–Crippen MR) is 80.8 cm³/mol. The Kier molecular flexibility index (Phi) is 2.86. The van der Waals surface area contributed by atoms with Crippen LogP contribution in [0.1, 0.15) is 21.5 Å². The highest BCUT2D eigenvalue weighted by Gasteiger charge is 2.17. The first-order valence-electron chi connectivity index (χ1n) is 6.50. The number of aromatic nitrogens is 3. The molecule has 106 valence electrons. The van der Waals surface area contributed by atoms with E-state index in [0.717, 1.165) is 11.1 Å². The number of fused-ring (bicyclic) bond motifs is 1. The zero-order chi connectivity index (χ0) is 15.1. The summed E-state index contributed by atoms with van der Waals surface area (Å²) in [5.41, 5.74) is 15.1. The SMILES string of the molecule is Cc1ccccc1-c1nc(N)c2c(C)c(C(N)=O)cn2n1. The monoisotopic (exact) mass is 281 g/mol. The van der Waals surface area contributed by atoms with Crippen molar-refractivity contribution in [1.29, 1.82) is 0 Å². The molecular formula is C15H15N5O. The van der Waals surface area contributed by atoms with Crippen LogP contribution in [0.2, 0.25) is 0 Å². The number of hydrogen-bond donors (Lipinski definition) is 2. The predicted octanol–water partition coefficient (Wildman–Crippen LogP) is 1.69. The number of amides is 1. The van der Waals surface area contributed by atoms with Gasteiger partial charge in [0.25, 0.3) is 5.91 Å². The maximum absolute atomic E-state index is 11.4. The Morgan fingerprint density at radius 2 is 1.95 bits per heavy atom. The van der Waals surface area contributed by atoms with E-state index in [9.17, 15) is 4.79 Å². The van der Waals surface area contributed by atoms with Crippen LogP contribution in [0.15, 0.2) is 30.5 Å². The molecular weight excluding hydrogens is 266 g/mol. The van der Waals surface area contributed by atoms with Gasteiger partial charge in [-0.2, -0.15) is 0 Å². The number of aryl methyl sites for hydroxylation is 2. The van der Waals surface area contributed by atoms with Gasteiger partial charge < -0.3 is 11.5 Å². The Morgan fingerprint density at radius 3 is 2.62 bits per heavy atom. The van der Waals surface area contributed by atoms with Gasteiger partial charge in [-0.3, -0.25) is 4.79 Å². The van der Waals surface area contributed by atoms with E-state index in [1.165, 1.54) is 0 Å². The fourth-order valence-corrected chi connectivity index (χ4v) is 2.45. The zero-order valence-corrected chi connectivity index (χ0v) is 11.8. The summed E-state index contributed by atoms with van der Waals surface area (Å²) in [7, 11) is 0. The van der Waals surface area contributed by atoms with Crippen LogP contribution in [0.3, 0.4) is 0 Å². The minimum absolute atomic E-state index is 0.327. The number of anilines is 1. The van der Waals surface area contributed by atoms with Crippen molar-refractivity contribution >= 4 is 17.2 Å². The van der Waals surface area contributed by atoms with Gasteiger partial charge in [0.1, 0.15) is 5.52 Å². The average Bonchev–Trinajstić information content (AvgIpc) is 2.77. The number of carbonyl (C=O) groups excluding carboxylic acids is 1. The molecule has 3 aromatic rings. The van der Waals surface area contributed by atoms with Crippen LogP contribution in [0.25, 0.3) is 16.9 Å². The van der Waals surface area contributed by atoms with Gasteiger partial charge in [-0.25, -0.2) is 9.50 Å². The molecule has 0 saturated carbocycles. The third kappa shape index (κ3) is 2.01. The molecule has 4 N–H and O–H groups in total. The second-order valence-corrected chi connectivity index (χ2v) is 4.96.